The van der Waals surface area contributed by atoms with Crippen LogP contribution in [0.25, 0.3) is 11.3 Å². The molecule has 168 valence electrons. The summed E-state index contributed by atoms with van der Waals surface area (Å²) >= 11 is 0. The number of carbonyl (C=O) groups excluding carboxylic acids is 1. The van der Waals surface area contributed by atoms with E-state index in [1.165, 1.54) is 12.1 Å². The number of carboxylic acid groups (broad SMARTS) is 1. The molecule has 32 heavy (non-hydrogen) atoms. The number of hydrogen-bond acceptors (Lipinski definition) is 4. The summed E-state index contributed by atoms with van der Waals surface area (Å²) in [6.45, 7) is 5.11. The maximum atomic E-state index is 14.0. The summed E-state index contributed by atoms with van der Waals surface area (Å²) in [7, 11) is 0. The maximum Gasteiger partial charge on any atom is 0.339 e. The molecule has 0 bridgehead atoms. The average molecular weight is 439 g/mol. The lowest BCUT2D eigenvalue weighted by molar-refractivity contribution is 0.0525. The van der Waals surface area contributed by atoms with E-state index in [0.717, 1.165) is 11.6 Å². The molecule has 0 unspecified atom stereocenters. The van der Waals surface area contributed by atoms with Gasteiger partial charge in [0.05, 0.1) is 30.0 Å². The Bertz CT molecular complexity index is 1090. The fourth-order valence-electron chi connectivity index (χ4n) is 3.58. The SMILES string of the molecule is CCOC(=O)c1cc(-c2cc(F)ccc2C(=O)O)n(CCCOCc2ccccc2)c1C. The topological polar surface area (TPSA) is 77.8 Å². The minimum Gasteiger partial charge on any atom is -0.478 e. The zero-order valence-corrected chi connectivity index (χ0v) is 18.1. The third kappa shape index (κ3) is 5.42. The predicted octanol–water partition coefficient (Wildman–Crippen LogP) is 5.08. The number of esters is 1. The van der Waals surface area contributed by atoms with Crippen molar-refractivity contribution in [1.29, 1.82) is 0 Å². The van der Waals surface area contributed by atoms with Gasteiger partial charge < -0.3 is 19.1 Å². The van der Waals surface area contributed by atoms with Gasteiger partial charge in [0.25, 0.3) is 0 Å². The molecule has 0 aliphatic rings. The third-order valence-corrected chi connectivity index (χ3v) is 5.13. The fourth-order valence-corrected chi connectivity index (χ4v) is 3.58. The van der Waals surface area contributed by atoms with Gasteiger partial charge in [-0.15, -0.1) is 0 Å². The van der Waals surface area contributed by atoms with Crippen molar-refractivity contribution in [3.8, 4) is 11.3 Å². The smallest absolute Gasteiger partial charge is 0.339 e. The second-order valence-electron chi connectivity index (χ2n) is 7.29. The van der Waals surface area contributed by atoms with Gasteiger partial charge in [0.1, 0.15) is 5.82 Å². The lowest BCUT2D eigenvalue weighted by atomic mass is 10.0. The number of aromatic nitrogens is 1. The van der Waals surface area contributed by atoms with Crippen LogP contribution in [0.15, 0.2) is 54.6 Å². The first-order chi connectivity index (χ1) is 15.4. The van der Waals surface area contributed by atoms with E-state index in [-0.39, 0.29) is 17.7 Å². The van der Waals surface area contributed by atoms with Crippen LogP contribution < -0.4 is 0 Å². The van der Waals surface area contributed by atoms with Gasteiger partial charge in [0.2, 0.25) is 0 Å². The number of halogens is 1. The third-order valence-electron chi connectivity index (χ3n) is 5.13. The molecule has 7 heteroatoms. The molecule has 0 radical (unpaired) electrons. The van der Waals surface area contributed by atoms with Crippen LogP contribution in [0.1, 0.15) is 45.3 Å². The molecular formula is C25H26FNO5. The van der Waals surface area contributed by atoms with E-state index in [1.54, 1.807) is 19.9 Å². The first kappa shape index (κ1) is 23.2. The van der Waals surface area contributed by atoms with Gasteiger partial charge in [-0.2, -0.15) is 0 Å². The number of carboxylic acids is 1. The van der Waals surface area contributed by atoms with Gasteiger partial charge in [-0.1, -0.05) is 30.3 Å². The largest absolute Gasteiger partial charge is 0.478 e. The number of ether oxygens (including phenoxy) is 2. The number of nitrogens with zero attached hydrogens (tertiary/aromatic N) is 1. The van der Waals surface area contributed by atoms with Crippen molar-refractivity contribution in [3.63, 3.8) is 0 Å². The summed E-state index contributed by atoms with van der Waals surface area (Å²) in [5.74, 6) is -2.23. The summed E-state index contributed by atoms with van der Waals surface area (Å²) in [6, 6.07) is 14.9. The zero-order valence-electron chi connectivity index (χ0n) is 18.1. The van der Waals surface area contributed by atoms with Crippen LogP contribution in [-0.2, 0) is 22.6 Å². The standard InChI is InChI=1S/C25H26FNO5/c1-3-32-25(30)21-15-23(22-14-19(26)10-11-20(22)24(28)29)27(17(21)2)12-7-13-31-16-18-8-5-4-6-9-18/h4-6,8-11,14-15H,3,7,12-13,16H2,1-2H3,(H,28,29). The number of rotatable bonds is 10. The highest BCUT2D eigenvalue weighted by atomic mass is 19.1. The summed E-state index contributed by atoms with van der Waals surface area (Å²) in [5.41, 5.74) is 2.64. The monoisotopic (exact) mass is 439 g/mol. The van der Waals surface area contributed by atoms with Gasteiger partial charge in [-0.05, 0) is 50.1 Å². The van der Waals surface area contributed by atoms with Crippen LogP contribution in [0, 0.1) is 12.7 Å². The highest BCUT2D eigenvalue weighted by Crippen LogP contribution is 2.30. The number of aromatic carboxylic acids is 1. The quantitative estimate of drug-likeness (QED) is 0.352. The lowest BCUT2D eigenvalue weighted by Gasteiger charge is -2.14. The molecule has 0 amide bonds. The van der Waals surface area contributed by atoms with Crippen LogP contribution in [0.5, 0.6) is 0 Å². The minimum absolute atomic E-state index is 0.0408. The van der Waals surface area contributed by atoms with E-state index in [0.29, 0.717) is 43.1 Å². The van der Waals surface area contributed by atoms with Crippen molar-refractivity contribution < 1.29 is 28.6 Å². The van der Waals surface area contributed by atoms with Crippen LogP contribution in [0.2, 0.25) is 0 Å². The molecule has 0 atom stereocenters. The molecule has 1 N–H and O–H groups in total. The van der Waals surface area contributed by atoms with Crippen molar-refractivity contribution in [2.24, 2.45) is 0 Å². The molecule has 0 spiro atoms. The van der Waals surface area contributed by atoms with Crippen LogP contribution in [-0.4, -0.2) is 34.8 Å². The molecule has 0 aliphatic heterocycles. The summed E-state index contributed by atoms with van der Waals surface area (Å²) in [5, 5.41) is 9.59. The van der Waals surface area contributed by atoms with Crippen LogP contribution >= 0.6 is 0 Å². The van der Waals surface area contributed by atoms with E-state index in [1.807, 2.05) is 34.9 Å². The Morgan fingerprint density at radius 3 is 2.50 bits per heavy atom. The Balaban J connectivity index is 1.86. The first-order valence-corrected chi connectivity index (χ1v) is 10.4. The Morgan fingerprint density at radius 1 is 1.06 bits per heavy atom. The van der Waals surface area contributed by atoms with Crippen molar-refractivity contribution in [2.75, 3.05) is 13.2 Å². The molecule has 0 aliphatic carbocycles. The van der Waals surface area contributed by atoms with Gasteiger partial charge in [0, 0.05) is 24.4 Å². The maximum absolute atomic E-state index is 14.0. The molecule has 0 fully saturated rings. The summed E-state index contributed by atoms with van der Waals surface area (Å²) in [6.07, 6.45) is 0.620. The second kappa shape index (κ2) is 10.7. The van der Waals surface area contributed by atoms with E-state index in [2.05, 4.69) is 0 Å². The summed E-state index contributed by atoms with van der Waals surface area (Å²) < 4.78 is 26.7. The second-order valence-corrected chi connectivity index (χ2v) is 7.29. The Labute approximate surface area is 186 Å². The minimum atomic E-state index is -1.17. The Morgan fingerprint density at radius 2 is 1.81 bits per heavy atom. The van der Waals surface area contributed by atoms with E-state index >= 15 is 0 Å². The fraction of sp³-hybridized carbons (Fsp3) is 0.280. The van der Waals surface area contributed by atoms with Gasteiger partial charge in [-0.3, -0.25) is 0 Å². The van der Waals surface area contributed by atoms with E-state index < -0.39 is 17.8 Å². The Kier molecular flexibility index (Phi) is 7.78. The molecule has 6 nitrogen and oxygen atoms in total. The predicted molar refractivity (Wildman–Crippen MR) is 118 cm³/mol. The molecule has 1 aromatic heterocycles. The normalized spacial score (nSPS) is 10.8. The van der Waals surface area contributed by atoms with Crippen LogP contribution in [0.4, 0.5) is 4.39 Å². The zero-order chi connectivity index (χ0) is 23.1. The first-order valence-electron chi connectivity index (χ1n) is 10.4. The van der Waals surface area contributed by atoms with Crippen molar-refractivity contribution in [3.05, 3.63) is 82.8 Å². The number of hydrogen-bond donors (Lipinski definition) is 1. The van der Waals surface area contributed by atoms with E-state index in [4.69, 9.17) is 9.47 Å². The van der Waals surface area contributed by atoms with Crippen molar-refractivity contribution in [2.45, 2.75) is 33.4 Å². The molecular weight excluding hydrogens is 413 g/mol. The highest BCUT2D eigenvalue weighted by molar-refractivity contribution is 5.98. The van der Waals surface area contributed by atoms with Crippen molar-refractivity contribution in [1.82, 2.24) is 4.57 Å². The number of carbonyl (C=O) groups is 2. The molecule has 2 aromatic carbocycles. The molecule has 0 saturated heterocycles. The van der Waals surface area contributed by atoms with Crippen molar-refractivity contribution >= 4 is 11.9 Å². The van der Waals surface area contributed by atoms with Gasteiger partial charge >= 0.3 is 11.9 Å². The van der Waals surface area contributed by atoms with Gasteiger partial charge in [0.15, 0.2) is 0 Å². The highest BCUT2D eigenvalue weighted by Gasteiger charge is 2.23. The lowest BCUT2D eigenvalue weighted by Crippen LogP contribution is -2.10. The van der Waals surface area contributed by atoms with E-state index in [9.17, 15) is 19.1 Å². The van der Waals surface area contributed by atoms with Crippen LogP contribution in [0.3, 0.4) is 0 Å². The molecule has 1 heterocycles. The molecule has 3 aromatic rings. The number of benzene rings is 2. The summed E-state index contributed by atoms with van der Waals surface area (Å²) in [4.78, 5) is 24.2. The molecule has 0 saturated carbocycles. The average Bonchev–Trinajstić information content (AvgIpc) is 3.10. The molecule has 3 rings (SSSR count). The Hall–Kier alpha value is -3.45. The van der Waals surface area contributed by atoms with Gasteiger partial charge in [-0.25, -0.2) is 14.0 Å².